The van der Waals surface area contributed by atoms with Gasteiger partial charge in [-0.05, 0) is 47.0 Å². The van der Waals surface area contributed by atoms with Crippen LogP contribution in [0.3, 0.4) is 0 Å². The van der Waals surface area contributed by atoms with Gasteiger partial charge in [0, 0.05) is 17.6 Å². The van der Waals surface area contributed by atoms with Gasteiger partial charge in [-0.3, -0.25) is 4.79 Å². The molecule has 0 aromatic heterocycles. The van der Waals surface area contributed by atoms with Gasteiger partial charge in [0.25, 0.3) is 0 Å². The monoisotopic (exact) mass is 282 g/mol. The Morgan fingerprint density at radius 1 is 1.44 bits per heavy atom. The van der Waals surface area contributed by atoms with Gasteiger partial charge in [-0.2, -0.15) is 0 Å². The van der Waals surface area contributed by atoms with Crippen LogP contribution in [0.5, 0.6) is 0 Å². The maximum Gasteiger partial charge on any atom is 0.230 e. The molecule has 1 saturated heterocycles. The molecule has 1 fully saturated rings. The van der Waals surface area contributed by atoms with Crippen molar-refractivity contribution < 1.29 is 4.79 Å². The van der Waals surface area contributed by atoms with E-state index in [1.54, 1.807) is 0 Å². The number of amides is 1. The number of hydrogen-bond acceptors (Lipinski definition) is 2. The zero-order valence-corrected chi connectivity index (χ0v) is 11.0. The van der Waals surface area contributed by atoms with Crippen LogP contribution in [-0.4, -0.2) is 19.0 Å². The maximum atomic E-state index is 11.8. The molecule has 0 atom stereocenters. The van der Waals surface area contributed by atoms with Gasteiger partial charge in [0.05, 0.1) is 11.6 Å². The first kappa shape index (κ1) is 11.6. The third-order valence-electron chi connectivity index (χ3n) is 2.83. The predicted molar refractivity (Wildman–Crippen MR) is 68.6 cm³/mol. The molecular weight excluding hydrogens is 268 g/mol. The first-order valence-corrected chi connectivity index (χ1v) is 6.15. The van der Waals surface area contributed by atoms with E-state index in [1.807, 2.05) is 19.9 Å². The lowest BCUT2D eigenvalue weighted by atomic mass is 10.0. The first-order valence-electron chi connectivity index (χ1n) is 5.36. The van der Waals surface area contributed by atoms with Crippen LogP contribution in [0.25, 0.3) is 0 Å². The fourth-order valence-electron chi connectivity index (χ4n) is 1.77. The van der Waals surface area contributed by atoms with Crippen LogP contribution in [0.1, 0.15) is 11.1 Å². The number of halogens is 1. The summed E-state index contributed by atoms with van der Waals surface area (Å²) >= 11 is 3.49. The molecule has 86 valence electrons. The molecule has 1 aromatic carbocycles. The molecule has 2 N–H and O–H groups in total. The molecule has 0 aliphatic carbocycles. The second-order valence-electron chi connectivity index (χ2n) is 4.28. The Bertz CT molecular complexity index is 404. The molecule has 1 aromatic rings. The van der Waals surface area contributed by atoms with Crippen molar-refractivity contribution in [2.45, 2.75) is 13.8 Å². The summed E-state index contributed by atoms with van der Waals surface area (Å²) in [5.74, 6) is 0.221. The van der Waals surface area contributed by atoms with Crippen molar-refractivity contribution in [3.63, 3.8) is 0 Å². The summed E-state index contributed by atoms with van der Waals surface area (Å²) in [6.45, 7) is 5.62. The molecule has 3 nitrogen and oxygen atoms in total. The molecule has 4 heteroatoms. The highest BCUT2D eigenvalue weighted by Crippen LogP contribution is 2.28. The van der Waals surface area contributed by atoms with Gasteiger partial charge in [-0.15, -0.1) is 0 Å². The summed E-state index contributed by atoms with van der Waals surface area (Å²) in [6.07, 6.45) is 0. The third kappa shape index (κ3) is 2.28. The van der Waals surface area contributed by atoms with Crippen LogP contribution in [0.4, 0.5) is 5.69 Å². The highest BCUT2D eigenvalue weighted by atomic mass is 79.9. The molecular formula is C12H15BrN2O. The molecule has 1 heterocycles. The van der Waals surface area contributed by atoms with Gasteiger partial charge in [0.15, 0.2) is 0 Å². The van der Waals surface area contributed by atoms with Gasteiger partial charge in [-0.1, -0.05) is 6.07 Å². The van der Waals surface area contributed by atoms with Crippen molar-refractivity contribution in [1.29, 1.82) is 0 Å². The molecule has 1 aliphatic heterocycles. The fraction of sp³-hybridized carbons (Fsp3) is 0.417. The molecule has 1 aliphatic rings. The normalized spacial score (nSPS) is 15.7. The summed E-state index contributed by atoms with van der Waals surface area (Å²) in [7, 11) is 0. The minimum atomic E-state index is 0.103. The second-order valence-corrected chi connectivity index (χ2v) is 5.14. The summed E-state index contributed by atoms with van der Waals surface area (Å²) in [5.41, 5.74) is 3.17. The Morgan fingerprint density at radius 2 is 2.12 bits per heavy atom. The summed E-state index contributed by atoms with van der Waals surface area (Å²) in [6, 6.07) is 4.08. The van der Waals surface area contributed by atoms with Gasteiger partial charge in [-0.25, -0.2) is 0 Å². The fourth-order valence-corrected chi connectivity index (χ4v) is 2.55. The topological polar surface area (TPSA) is 41.1 Å². The van der Waals surface area contributed by atoms with Crippen molar-refractivity contribution in [3.05, 3.63) is 27.7 Å². The summed E-state index contributed by atoms with van der Waals surface area (Å²) in [4.78, 5) is 11.8. The number of benzene rings is 1. The number of carbonyl (C=O) groups excluding carboxylic acids is 1. The Morgan fingerprint density at radius 3 is 2.62 bits per heavy atom. The first-order chi connectivity index (χ1) is 7.58. The average molecular weight is 283 g/mol. The second kappa shape index (κ2) is 4.55. The Labute approximate surface area is 104 Å². The van der Waals surface area contributed by atoms with E-state index in [9.17, 15) is 4.79 Å². The predicted octanol–water partition coefficient (Wildman–Crippen LogP) is 2.22. The highest BCUT2D eigenvalue weighted by molar-refractivity contribution is 9.10. The van der Waals surface area contributed by atoms with Crippen LogP contribution < -0.4 is 10.6 Å². The van der Waals surface area contributed by atoms with Crippen molar-refractivity contribution >= 4 is 27.5 Å². The zero-order valence-electron chi connectivity index (χ0n) is 9.43. The Hall–Kier alpha value is -0.870. The molecule has 0 spiro atoms. The largest absolute Gasteiger partial charge is 0.325 e. The standard InChI is InChI=1S/C12H15BrN2O/c1-7-3-8(2)11(10(13)4-7)15-12(16)9-5-14-6-9/h3-4,9,14H,5-6H2,1-2H3,(H,15,16). The Kier molecular flexibility index (Phi) is 3.30. The molecule has 0 saturated carbocycles. The van der Waals surface area contributed by atoms with Crippen LogP contribution in [0.15, 0.2) is 16.6 Å². The van der Waals surface area contributed by atoms with E-state index < -0.39 is 0 Å². The van der Waals surface area contributed by atoms with E-state index in [1.165, 1.54) is 5.56 Å². The molecule has 0 bridgehead atoms. The van der Waals surface area contributed by atoms with Crippen molar-refractivity contribution in [2.24, 2.45) is 5.92 Å². The zero-order chi connectivity index (χ0) is 11.7. The van der Waals surface area contributed by atoms with Crippen LogP contribution in [0, 0.1) is 19.8 Å². The molecule has 16 heavy (non-hydrogen) atoms. The van der Waals surface area contributed by atoms with Gasteiger partial charge < -0.3 is 10.6 Å². The lowest BCUT2D eigenvalue weighted by Crippen LogP contribution is -2.48. The molecule has 1 amide bonds. The summed E-state index contributed by atoms with van der Waals surface area (Å²) < 4.78 is 0.950. The van der Waals surface area contributed by atoms with E-state index >= 15 is 0 Å². The van der Waals surface area contributed by atoms with Crippen LogP contribution in [-0.2, 0) is 4.79 Å². The average Bonchev–Trinajstić information content (AvgIpc) is 2.08. The highest BCUT2D eigenvalue weighted by Gasteiger charge is 2.25. The van der Waals surface area contributed by atoms with Crippen molar-refractivity contribution in [3.8, 4) is 0 Å². The number of nitrogens with one attached hydrogen (secondary N) is 2. The van der Waals surface area contributed by atoms with Crippen LogP contribution >= 0.6 is 15.9 Å². The van der Waals surface area contributed by atoms with Gasteiger partial charge >= 0.3 is 0 Å². The quantitative estimate of drug-likeness (QED) is 0.874. The lowest BCUT2D eigenvalue weighted by molar-refractivity contribution is -0.121. The number of rotatable bonds is 2. The Balaban J connectivity index is 2.17. The van der Waals surface area contributed by atoms with E-state index in [-0.39, 0.29) is 11.8 Å². The van der Waals surface area contributed by atoms with Gasteiger partial charge in [0.2, 0.25) is 5.91 Å². The summed E-state index contributed by atoms with van der Waals surface area (Å²) in [5, 5.41) is 6.08. The molecule has 2 rings (SSSR count). The molecule has 0 radical (unpaired) electrons. The van der Waals surface area contributed by atoms with E-state index in [4.69, 9.17) is 0 Å². The lowest BCUT2D eigenvalue weighted by Gasteiger charge is -2.26. The minimum Gasteiger partial charge on any atom is -0.325 e. The third-order valence-corrected chi connectivity index (χ3v) is 3.46. The molecule has 0 unspecified atom stereocenters. The minimum absolute atomic E-state index is 0.103. The number of aryl methyl sites for hydroxylation is 2. The van der Waals surface area contributed by atoms with Gasteiger partial charge in [0.1, 0.15) is 0 Å². The van der Waals surface area contributed by atoms with Crippen LogP contribution in [0.2, 0.25) is 0 Å². The smallest absolute Gasteiger partial charge is 0.230 e. The van der Waals surface area contributed by atoms with E-state index in [2.05, 4.69) is 32.6 Å². The van der Waals surface area contributed by atoms with Crippen molar-refractivity contribution in [2.75, 3.05) is 18.4 Å². The van der Waals surface area contributed by atoms with E-state index in [0.717, 1.165) is 28.8 Å². The van der Waals surface area contributed by atoms with Crippen molar-refractivity contribution in [1.82, 2.24) is 5.32 Å². The maximum absolute atomic E-state index is 11.8. The van der Waals surface area contributed by atoms with E-state index in [0.29, 0.717) is 0 Å². The number of anilines is 1. The number of hydrogen-bond donors (Lipinski definition) is 2. The SMILES string of the molecule is Cc1cc(C)c(NC(=O)C2CNC2)c(Br)c1. The number of carbonyl (C=O) groups is 1.